The fourth-order valence-corrected chi connectivity index (χ4v) is 5.31. The van der Waals surface area contributed by atoms with Gasteiger partial charge in [0.25, 0.3) is 0 Å². The largest absolute Gasteiger partial charge is 0.244 e. The maximum atomic E-state index is 12.8. The van der Waals surface area contributed by atoms with Gasteiger partial charge in [0.2, 0.25) is 10.0 Å². The summed E-state index contributed by atoms with van der Waals surface area (Å²) in [5.74, 6) is 1.09. The van der Waals surface area contributed by atoms with Crippen LogP contribution in [0.2, 0.25) is 0 Å². The van der Waals surface area contributed by atoms with Crippen molar-refractivity contribution < 1.29 is 8.42 Å². The molecule has 0 amide bonds. The van der Waals surface area contributed by atoms with Gasteiger partial charge >= 0.3 is 0 Å². The Morgan fingerprint density at radius 2 is 1.85 bits per heavy atom. The molecule has 1 fully saturated rings. The Morgan fingerprint density at radius 3 is 2.35 bits per heavy atom. The molecule has 1 saturated heterocycles. The topological polar surface area (TPSA) is 37.4 Å². The fourth-order valence-electron chi connectivity index (χ4n) is 2.49. The number of hydrogen-bond donors (Lipinski definition) is 0. The number of halogens is 2. The molecule has 0 saturated carbocycles. The van der Waals surface area contributed by atoms with Crippen LogP contribution in [-0.4, -0.2) is 25.8 Å². The minimum atomic E-state index is -3.46. The molecule has 2 rings (SSSR count). The molecule has 112 valence electrons. The highest BCUT2D eigenvalue weighted by molar-refractivity contribution is 9.10. The predicted molar refractivity (Wildman–Crippen MR) is 85.5 cm³/mol. The first-order chi connectivity index (χ1) is 9.27. The quantitative estimate of drug-likeness (QED) is 0.749. The predicted octanol–water partition coefficient (Wildman–Crippen LogP) is 3.77. The molecule has 1 aromatic rings. The van der Waals surface area contributed by atoms with Gasteiger partial charge in [-0.2, -0.15) is 4.31 Å². The van der Waals surface area contributed by atoms with Crippen LogP contribution in [-0.2, 0) is 15.9 Å². The number of sulfonamides is 1. The Hall–Kier alpha value is -0.100. The monoisotopic (exact) mass is 379 g/mol. The standard InChI is InChI=1S/C14H19BrClNO2S/c1-9-4-12(6-16)5-13(14(9)15)20(18,19)17-7-10(2)11(3)8-17/h4-5,10-11H,6-8H2,1-3H3. The molecule has 2 unspecified atom stereocenters. The van der Waals surface area contributed by atoms with Gasteiger partial charge in [-0.15, -0.1) is 11.6 Å². The third-order valence-electron chi connectivity index (χ3n) is 4.01. The van der Waals surface area contributed by atoms with Gasteiger partial charge in [0.15, 0.2) is 0 Å². The highest BCUT2D eigenvalue weighted by Gasteiger charge is 2.36. The van der Waals surface area contributed by atoms with E-state index in [0.29, 0.717) is 40.2 Å². The summed E-state index contributed by atoms with van der Waals surface area (Å²) in [5.41, 5.74) is 1.72. The summed E-state index contributed by atoms with van der Waals surface area (Å²) in [5, 5.41) is 0. The van der Waals surface area contributed by atoms with E-state index < -0.39 is 10.0 Å². The zero-order valence-corrected chi connectivity index (χ0v) is 15.0. The molecule has 0 spiro atoms. The lowest BCUT2D eigenvalue weighted by Crippen LogP contribution is -2.29. The van der Waals surface area contributed by atoms with E-state index in [-0.39, 0.29) is 0 Å². The molecule has 1 aromatic carbocycles. The van der Waals surface area contributed by atoms with E-state index in [1.54, 1.807) is 10.4 Å². The molecule has 1 aliphatic heterocycles. The Labute approximate surface area is 134 Å². The molecule has 1 aliphatic rings. The molecule has 20 heavy (non-hydrogen) atoms. The van der Waals surface area contributed by atoms with Crippen molar-refractivity contribution in [2.75, 3.05) is 13.1 Å². The van der Waals surface area contributed by atoms with E-state index in [1.165, 1.54) is 0 Å². The van der Waals surface area contributed by atoms with E-state index >= 15 is 0 Å². The minimum absolute atomic E-state index is 0.309. The minimum Gasteiger partial charge on any atom is -0.207 e. The SMILES string of the molecule is Cc1cc(CCl)cc(S(=O)(=O)N2CC(C)C(C)C2)c1Br. The summed E-state index contributed by atoms with van der Waals surface area (Å²) in [6, 6.07) is 3.58. The van der Waals surface area contributed by atoms with Crippen molar-refractivity contribution in [1.29, 1.82) is 0 Å². The highest BCUT2D eigenvalue weighted by Crippen LogP contribution is 2.33. The highest BCUT2D eigenvalue weighted by atomic mass is 79.9. The first-order valence-electron chi connectivity index (χ1n) is 6.62. The summed E-state index contributed by atoms with van der Waals surface area (Å²) in [6.07, 6.45) is 0. The van der Waals surface area contributed by atoms with Gasteiger partial charge in [0.1, 0.15) is 0 Å². The first kappa shape index (κ1) is 16.3. The van der Waals surface area contributed by atoms with Gasteiger partial charge in [-0.25, -0.2) is 8.42 Å². The fraction of sp³-hybridized carbons (Fsp3) is 0.571. The van der Waals surface area contributed by atoms with E-state index in [1.807, 2.05) is 13.0 Å². The third kappa shape index (κ3) is 2.91. The lowest BCUT2D eigenvalue weighted by atomic mass is 10.0. The second-order valence-electron chi connectivity index (χ2n) is 5.64. The maximum Gasteiger partial charge on any atom is 0.244 e. The first-order valence-corrected chi connectivity index (χ1v) is 9.39. The van der Waals surface area contributed by atoms with Crippen LogP contribution < -0.4 is 0 Å². The van der Waals surface area contributed by atoms with Gasteiger partial charge in [-0.05, 0) is 51.9 Å². The molecule has 0 aromatic heterocycles. The molecular formula is C14H19BrClNO2S. The van der Waals surface area contributed by atoms with Crippen LogP contribution in [0.1, 0.15) is 25.0 Å². The van der Waals surface area contributed by atoms with Gasteiger partial charge in [0.05, 0.1) is 4.90 Å². The molecule has 1 heterocycles. The van der Waals surface area contributed by atoms with Crippen molar-refractivity contribution >= 4 is 37.6 Å². The Balaban J connectivity index is 2.47. The molecule has 2 atom stereocenters. The second-order valence-corrected chi connectivity index (χ2v) is 8.60. The number of hydrogen-bond acceptors (Lipinski definition) is 2. The molecule has 3 nitrogen and oxygen atoms in total. The van der Waals surface area contributed by atoms with Gasteiger partial charge in [0, 0.05) is 23.4 Å². The van der Waals surface area contributed by atoms with Crippen molar-refractivity contribution in [3.05, 3.63) is 27.7 Å². The molecule has 0 aliphatic carbocycles. The second kappa shape index (κ2) is 5.95. The normalized spacial score (nSPS) is 24.2. The van der Waals surface area contributed by atoms with Crippen LogP contribution in [0.3, 0.4) is 0 Å². The van der Waals surface area contributed by atoms with Gasteiger partial charge in [-0.3, -0.25) is 0 Å². The number of alkyl halides is 1. The Morgan fingerprint density at radius 1 is 1.30 bits per heavy atom. The zero-order valence-electron chi connectivity index (χ0n) is 11.9. The summed E-state index contributed by atoms with van der Waals surface area (Å²) < 4.78 is 27.9. The van der Waals surface area contributed by atoms with Crippen LogP contribution in [0.4, 0.5) is 0 Å². The molecule has 6 heteroatoms. The molecular weight excluding hydrogens is 362 g/mol. The number of rotatable bonds is 3. The number of nitrogens with zero attached hydrogens (tertiary/aromatic N) is 1. The number of aryl methyl sites for hydroxylation is 1. The molecule has 0 radical (unpaired) electrons. The molecule has 0 bridgehead atoms. The summed E-state index contributed by atoms with van der Waals surface area (Å²) in [4.78, 5) is 0.328. The number of benzene rings is 1. The van der Waals surface area contributed by atoms with Gasteiger partial charge in [-0.1, -0.05) is 19.9 Å². The Bertz CT molecular complexity index is 608. The van der Waals surface area contributed by atoms with Crippen molar-refractivity contribution in [3.63, 3.8) is 0 Å². The van der Waals surface area contributed by atoms with Crippen molar-refractivity contribution in [1.82, 2.24) is 4.31 Å². The summed E-state index contributed by atoms with van der Waals surface area (Å²) in [6.45, 7) is 7.24. The summed E-state index contributed by atoms with van der Waals surface area (Å²) in [7, 11) is -3.46. The average Bonchev–Trinajstić information content (AvgIpc) is 2.73. The van der Waals surface area contributed by atoms with Crippen molar-refractivity contribution in [2.24, 2.45) is 11.8 Å². The van der Waals surface area contributed by atoms with E-state index in [2.05, 4.69) is 29.8 Å². The Kier molecular flexibility index (Phi) is 4.84. The average molecular weight is 381 g/mol. The van der Waals surface area contributed by atoms with Gasteiger partial charge < -0.3 is 0 Å². The van der Waals surface area contributed by atoms with Crippen LogP contribution in [0.25, 0.3) is 0 Å². The third-order valence-corrected chi connectivity index (χ3v) is 7.49. The van der Waals surface area contributed by atoms with Crippen LogP contribution >= 0.6 is 27.5 Å². The lowest BCUT2D eigenvalue weighted by Gasteiger charge is -2.18. The van der Waals surface area contributed by atoms with Crippen LogP contribution in [0.15, 0.2) is 21.5 Å². The van der Waals surface area contributed by atoms with Crippen molar-refractivity contribution in [2.45, 2.75) is 31.5 Å². The van der Waals surface area contributed by atoms with Crippen LogP contribution in [0, 0.1) is 18.8 Å². The van der Waals surface area contributed by atoms with E-state index in [4.69, 9.17) is 11.6 Å². The smallest absolute Gasteiger partial charge is 0.207 e. The molecule has 0 N–H and O–H groups in total. The summed E-state index contributed by atoms with van der Waals surface area (Å²) >= 11 is 9.26. The van der Waals surface area contributed by atoms with Crippen LogP contribution in [0.5, 0.6) is 0 Å². The van der Waals surface area contributed by atoms with E-state index in [0.717, 1.165) is 11.1 Å². The van der Waals surface area contributed by atoms with Crippen molar-refractivity contribution in [3.8, 4) is 0 Å². The van der Waals surface area contributed by atoms with E-state index in [9.17, 15) is 8.42 Å². The lowest BCUT2D eigenvalue weighted by molar-refractivity contribution is 0.462. The maximum absolute atomic E-state index is 12.8. The zero-order chi connectivity index (χ0) is 15.1.